The first-order valence-electron chi connectivity index (χ1n) is 10.1. The molecule has 28 heavy (non-hydrogen) atoms. The number of nitrogens with zero attached hydrogens (tertiary/aromatic N) is 1. The smallest absolute Gasteiger partial charge is 0.220 e. The number of nitrogens with one attached hydrogen (secondary N) is 2. The molecule has 0 fully saturated rings. The van der Waals surface area contributed by atoms with Crippen LogP contribution in [0, 0.1) is 6.92 Å². The van der Waals surface area contributed by atoms with Gasteiger partial charge in [0.15, 0.2) is 0 Å². The van der Waals surface area contributed by atoms with Gasteiger partial charge in [0, 0.05) is 42.5 Å². The number of H-pyrrole nitrogens is 1. The number of hydrogen-bond donors (Lipinski definition) is 2. The molecule has 0 radical (unpaired) electrons. The van der Waals surface area contributed by atoms with Gasteiger partial charge in [-0.1, -0.05) is 55.0 Å². The Morgan fingerprint density at radius 2 is 1.89 bits per heavy atom. The molecule has 1 atom stereocenters. The van der Waals surface area contributed by atoms with Crippen LogP contribution in [0.25, 0.3) is 10.9 Å². The highest BCUT2D eigenvalue weighted by atomic mass is 16.1. The first-order chi connectivity index (χ1) is 13.5. The van der Waals surface area contributed by atoms with Crippen molar-refractivity contribution in [1.29, 1.82) is 0 Å². The van der Waals surface area contributed by atoms with Crippen molar-refractivity contribution in [1.82, 2.24) is 15.2 Å². The minimum Gasteiger partial charge on any atom is -0.361 e. The Labute approximate surface area is 167 Å². The largest absolute Gasteiger partial charge is 0.361 e. The maximum absolute atomic E-state index is 12.7. The second kappa shape index (κ2) is 9.07. The lowest BCUT2D eigenvalue weighted by Gasteiger charge is -2.18. The maximum Gasteiger partial charge on any atom is 0.220 e. The minimum atomic E-state index is 0.0285. The molecule has 0 unspecified atom stereocenters. The van der Waals surface area contributed by atoms with Crippen LogP contribution in [-0.4, -0.2) is 43.0 Å². The number of hydrogen-bond acceptors (Lipinski definition) is 2. The molecular formula is C24H31N3O. The van der Waals surface area contributed by atoms with E-state index in [-0.39, 0.29) is 11.8 Å². The zero-order valence-electron chi connectivity index (χ0n) is 17.4. The Bertz CT molecular complexity index is 925. The van der Waals surface area contributed by atoms with Crippen LogP contribution in [0.2, 0.25) is 0 Å². The van der Waals surface area contributed by atoms with Gasteiger partial charge in [0.05, 0.1) is 0 Å². The van der Waals surface area contributed by atoms with Gasteiger partial charge in [-0.05, 0) is 44.1 Å². The molecule has 1 amide bonds. The summed E-state index contributed by atoms with van der Waals surface area (Å²) in [6.07, 6.45) is 3.51. The highest BCUT2D eigenvalue weighted by Crippen LogP contribution is 2.34. The van der Waals surface area contributed by atoms with Crippen molar-refractivity contribution in [3.8, 4) is 0 Å². The van der Waals surface area contributed by atoms with Crippen molar-refractivity contribution >= 4 is 16.8 Å². The van der Waals surface area contributed by atoms with Gasteiger partial charge in [-0.3, -0.25) is 4.79 Å². The number of aromatic nitrogens is 1. The Kier molecular flexibility index (Phi) is 6.53. The summed E-state index contributed by atoms with van der Waals surface area (Å²) in [5.41, 5.74) is 6.09. The number of aromatic amines is 1. The van der Waals surface area contributed by atoms with Crippen molar-refractivity contribution in [2.24, 2.45) is 0 Å². The third-order valence-electron chi connectivity index (χ3n) is 5.34. The number of carbonyl (C=O) groups excluding carboxylic acids is 1. The van der Waals surface area contributed by atoms with Crippen LogP contribution in [0.4, 0.5) is 0 Å². The van der Waals surface area contributed by atoms with Gasteiger partial charge in [0.1, 0.15) is 0 Å². The van der Waals surface area contributed by atoms with Gasteiger partial charge in [0.2, 0.25) is 5.91 Å². The van der Waals surface area contributed by atoms with Crippen LogP contribution in [0.5, 0.6) is 0 Å². The van der Waals surface area contributed by atoms with E-state index in [1.165, 1.54) is 33.2 Å². The average molecular weight is 378 g/mol. The van der Waals surface area contributed by atoms with Crippen molar-refractivity contribution in [2.45, 2.75) is 32.6 Å². The number of amides is 1. The van der Waals surface area contributed by atoms with Crippen LogP contribution in [0.1, 0.15) is 41.5 Å². The summed E-state index contributed by atoms with van der Waals surface area (Å²) < 4.78 is 0. The van der Waals surface area contributed by atoms with Gasteiger partial charge in [-0.25, -0.2) is 0 Å². The molecule has 3 rings (SSSR count). The number of carbonyl (C=O) groups is 1. The highest BCUT2D eigenvalue weighted by molar-refractivity contribution is 5.88. The molecule has 1 aromatic heterocycles. The first-order valence-corrected chi connectivity index (χ1v) is 10.1. The molecule has 148 valence electrons. The number of likely N-dealkylation sites (N-methyl/N-ethyl adjacent to an activating group) is 1. The predicted octanol–water partition coefficient (Wildman–Crippen LogP) is 4.24. The minimum absolute atomic E-state index is 0.0285. The summed E-state index contributed by atoms with van der Waals surface area (Å²) in [7, 11) is 4.02. The quantitative estimate of drug-likeness (QED) is 0.617. The molecule has 4 nitrogen and oxygen atoms in total. The number of fused-ring (bicyclic) bond motifs is 1. The molecule has 0 aliphatic carbocycles. The summed E-state index contributed by atoms with van der Waals surface area (Å²) in [4.78, 5) is 18.2. The van der Waals surface area contributed by atoms with E-state index in [1.54, 1.807) is 0 Å². The monoisotopic (exact) mass is 377 g/mol. The predicted molar refractivity (Wildman–Crippen MR) is 117 cm³/mol. The Morgan fingerprint density at radius 1 is 1.14 bits per heavy atom. The maximum atomic E-state index is 12.7. The summed E-state index contributed by atoms with van der Waals surface area (Å²) in [5, 5.41) is 4.28. The fraction of sp³-hybridized carbons (Fsp3) is 0.375. The third-order valence-corrected chi connectivity index (χ3v) is 5.34. The standard InChI is InChI=1S/C24H31N3O/c1-5-18-7-6-8-20-22(16-26-24(18)20)21(19-11-9-17(2)10-12-19)15-23(28)25-13-14-27(3)4/h6-12,16,21,26H,5,13-15H2,1-4H3,(H,25,28)/t21-/m0/s1. The normalized spacial score (nSPS) is 12.5. The van der Waals surface area contributed by atoms with Gasteiger partial charge in [0.25, 0.3) is 0 Å². The fourth-order valence-corrected chi connectivity index (χ4v) is 3.70. The molecule has 1 heterocycles. The van der Waals surface area contributed by atoms with E-state index in [2.05, 4.69) is 77.7 Å². The lowest BCUT2D eigenvalue weighted by atomic mass is 9.87. The van der Waals surface area contributed by atoms with E-state index in [1.807, 2.05) is 14.1 Å². The summed E-state index contributed by atoms with van der Waals surface area (Å²) in [6, 6.07) is 15.0. The number of rotatable bonds is 8. The summed E-state index contributed by atoms with van der Waals surface area (Å²) in [5.74, 6) is 0.120. The molecule has 0 aliphatic rings. The Balaban J connectivity index is 1.93. The SMILES string of the molecule is CCc1cccc2c([C@@H](CC(=O)NCCN(C)C)c3ccc(C)cc3)c[nH]c12. The molecule has 3 aromatic rings. The van der Waals surface area contributed by atoms with E-state index in [9.17, 15) is 4.79 Å². The van der Waals surface area contributed by atoms with E-state index >= 15 is 0 Å². The van der Waals surface area contributed by atoms with Crippen molar-refractivity contribution in [3.05, 3.63) is 70.9 Å². The topological polar surface area (TPSA) is 48.1 Å². The van der Waals surface area contributed by atoms with E-state index < -0.39 is 0 Å². The summed E-state index contributed by atoms with van der Waals surface area (Å²) in [6.45, 7) is 5.77. The first kappa shape index (κ1) is 20.2. The lowest BCUT2D eigenvalue weighted by molar-refractivity contribution is -0.121. The van der Waals surface area contributed by atoms with Crippen molar-refractivity contribution in [3.63, 3.8) is 0 Å². The average Bonchev–Trinajstić information content (AvgIpc) is 3.10. The van der Waals surface area contributed by atoms with Crippen molar-refractivity contribution < 1.29 is 4.79 Å². The van der Waals surface area contributed by atoms with Crippen LogP contribution < -0.4 is 5.32 Å². The van der Waals surface area contributed by atoms with Crippen LogP contribution in [0.3, 0.4) is 0 Å². The molecule has 0 saturated heterocycles. The van der Waals surface area contributed by atoms with Gasteiger partial charge >= 0.3 is 0 Å². The van der Waals surface area contributed by atoms with Crippen LogP contribution in [0.15, 0.2) is 48.7 Å². The number of aryl methyl sites for hydroxylation is 2. The number of para-hydroxylation sites is 1. The molecule has 0 saturated carbocycles. The van der Waals surface area contributed by atoms with Crippen LogP contribution >= 0.6 is 0 Å². The molecule has 4 heteroatoms. The third kappa shape index (κ3) is 4.63. The van der Waals surface area contributed by atoms with E-state index in [4.69, 9.17) is 0 Å². The Morgan fingerprint density at radius 3 is 2.57 bits per heavy atom. The molecule has 2 N–H and O–H groups in total. The Hall–Kier alpha value is -2.59. The second-order valence-corrected chi connectivity index (χ2v) is 7.76. The van der Waals surface area contributed by atoms with E-state index in [0.29, 0.717) is 13.0 Å². The molecule has 0 bridgehead atoms. The zero-order chi connectivity index (χ0) is 20.1. The lowest BCUT2D eigenvalue weighted by Crippen LogP contribution is -2.32. The van der Waals surface area contributed by atoms with E-state index in [0.717, 1.165) is 13.0 Å². The second-order valence-electron chi connectivity index (χ2n) is 7.76. The molecule has 0 spiro atoms. The number of benzene rings is 2. The van der Waals surface area contributed by atoms with Crippen LogP contribution in [-0.2, 0) is 11.2 Å². The molecule has 0 aliphatic heterocycles. The van der Waals surface area contributed by atoms with Gasteiger partial charge in [-0.2, -0.15) is 0 Å². The van der Waals surface area contributed by atoms with Crippen molar-refractivity contribution in [2.75, 3.05) is 27.2 Å². The fourth-order valence-electron chi connectivity index (χ4n) is 3.70. The van der Waals surface area contributed by atoms with Gasteiger partial charge < -0.3 is 15.2 Å². The van der Waals surface area contributed by atoms with Gasteiger partial charge in [-0.15, -0.1) is 0 Å². The summed E-state index contributed by atoms with van der Waals surface area (Å²) >= 11 is 0. The highest BCUT2D eigenvalue weighted by Gasteiger charge is 2.22. The zero-order valence-corrected chi connectivity index (χ0v) is 17.4. The molecular weight excluding hydrogens is 346 g/mol. The molecule has 2 aromatic carbocycles.